The van der Waals surface area contributed by atoms with Crippen LogP contribution in [0.5, 0.6) is 17.2 Å². The van der Waals surface area contributed by atoms with E-state index < -0.39 is 0 Å². The van der Waals surface area contributed by atoms with Crippen LogP contribution in [0.15, 0.2) is 48.5 Å². The Hall–Kier alpha value is -2.75. The normalized spacial score (nSPS) is 10.7. The summed E-state index contributed by atoms with van der Waals surface area (Å²) < 4.78 is 0. The zero-order valence-electron chi connectivity index (χ0n) is 9.95. The van der Waals surface area contributed by atoms with Crippen LogP contribution in [0.1, 0.15) is 15.9 Å². The highest BCUT2D eigenvalue weighted by Gasteiger charge is 2.05. The second-order valence-electron chi connectivity index (χ2n) is 4.00. The monoisotopic (exact) mass is 256 g/mol. The summed E-state index contributed by atoms with van der Waals surface area (Å²) in [5, 5.41) is 27.8. The van der Waals surface area contributed by atoms with Gasteiger partial charge < -0.3 is 15.3 Å². The van der Waals surface area contributed by atoms with E-state index in [9.17, 15) is 15.0 Å². The maximum Gasteiger partial charge on any atom is 0.185 e. The molecule has 0 heterocycles. The standard InChI is InChI=1S/C15H12O4/c16-12-3-1-2-10(8-12)4-6-13(17)11-5-7-14(18)15(19)9-11/h1-9,16,18-19H/b6-4+. The summed E-state index contributed by atoms with van der Waals surface area (Å²) in [5.41, 5.74) is 0.961. The molecule has 0 radical (unpaired) electrons. The third kappa shape index (κ3) is 3.13. The SMILES string of the molecule is O=C(/C=C/c1cccc(O)c1)c1ccc(O)c(O)c1. The van der Waals surface area contributed by atoms with Crippen LogP contribution >= 0.6 is 0 Å². The Labute approximate surface area is 109 Å². The van der Waals surface area contributed by atoms with Crippen molar-refractivity contribution in [2.75, 3.05) is 0 Å². The predicted molar refractivity (Wildman–Crippen MR) is 71.2 cm³/mol. The minimum atomic E-state index is -0.336. The van der Waals surface area contributed by atoms with Crippen molar-refractivity contribution in [3.05, 3.63) is 59.7 Å². The van der Waals surface area contributed by atoms with Crippen molar-refractivity contribution >= 4 is 11.9 Å². The number of rotatable bonds is 3. The fourth-order valence-corrected chi connectivity index (χ4v) is 1.57. The summed E-state index contributed by atoms with van der Waals surface area (Å²) >= 11 is 0. The molecule has 4 heteroatoms. The van der Waals surface area contributed by atoms with Crippen LogP contribution in [-0.2, 0) is 0 Å². The lowest BCUT2D eigenvalue weighted by atomic mass is 10.1. The molecule has 0 aliphatic heterocycles. The highest BCUT2D eigenvalue weighted by molar-refractivity contribution is 6.07. The largest absolute Gasteiger partial charge is 0.508 e. The molecule has 0 fully saturated rings. The highest BCUT2D eigenvalue weighted by Crippen LogP contribution is 2.25. The molecule has 0 spiro atoms. The van der Waals surface area contributed by atoms with Crippen molar-refractivity contribution in [1.29, 1.82) is 0 Å². The Morgan fingerprint density at radius 1 is 0.947 bits per heavy atom. The van der Waals surface area contributed by atoms with E-state index in [0.29, 0.717) is 5.56 Å². The number of phenolic OH excluding ortho intramolecular Hbond substituents is 3. The number of ketones is 1. The summed E-state index contributed by atoms with van der Waals surface area (Å²) in [6.07, 6.45) is 2.90. The number of phenols is 3. The number of allylic oxidation sites excluding steroid dienone is 1. The van der Waals surface area contributed by atoms with Crippen molar-refractivity contribution in [1.82, 2.24) is 0 Å². The van der Waals surface area contributed by atoms with Gasteiger partial charge in [0.15, 0.2) is 17.3 Å². The second kappa shape index (κ2) is 5.27. The minimum absolute atomic E-state index is 0.122. The van der Waals surface area contributed by atoms with Gasteiger partial charge in [-0.05, 0) is 42.0 Å². The fourth-order valence-electron chi connectivity index (χ4n) is 1.57. The Balaban J connectivity index is 2.19. The third-order valence-corrected chi connectivity index (χ3v) is 2.56. The van der Waals surface area contributed by atoms with Gasteiger partial charge in [0.25, 0.3) is 0 Å². The van der Waals surface area contributed by atoms with E-state index in [4.69, 9.17) is 5.11 Å². The van der Waals surface area contributed by atoms with Crippen molar-refractivity contribution in [2.45, 2.75) is 0 Å². The summed E-state index contributed by atoms with van der Waals surface area (Å²) in [6.45, 7) is 0. The first-order chi connectivity index (χ1) is 9.06. The topological polar surface area (TPSA) is 77.8 Å². The van der Waals surface area contributed by atoms with E-state index in [1.54, 1.807) is 18.2 Å². The number of carbonyl (C=O) groups excluding carboxylic acids is 1. The molecule has 3 N–H and O–H groups in total. The molecule has 0 saturated heterocycles. The van der Waals surface area contributed by atoms with Crippen LogP contribution in [0.4, 0.5) is 0 Å². The predicted octanol–water partition coefficient (Wildman–Crippen LogP) is 2.70. The fraction of sp³-hybridized carbons (Fsp3) is 0. The lowest BCUT2D eigenvalue weighted by Gasteiger charge is -2.00. The first-order valence-electron chi connectivity index (χ1n) is 5.60. The molecule has 0 aromatic heterocycles. The number of aromatic hydroxyl groups is 3. The van der Waals surface area contributed by atoms with E-state index in [2.05, 4.69) is 0 Å². The van der Waals surface area contributed by atoms with Crippen LogP contribution in [0.2, 0.25) is 0 Å². The maximum absolute atomic E-state index is 11.8. The van der Waals surface area contributed by atoms with Gasteiger partial charge in [-0.15, -0.1) is 0 Å². The van der Waals surface area contributed by atoms with Gasteiger partial charge in [-0.3, -0.25) is 4.79 Å². The molecular formula is C15H12O4. The van der Waals surface area contributed by atoms with Crippen LogP contribution in [0.25, 0.3) is 6.08 Å². The molecule has 0 aliphatic rings. The van der Waals surface area contributed by atoms with Crippen LogP contribution < -0.4 is 0 Å². The Kier molecular flexibility index (Phi) is 3.52. The molecule has 2 rings (SSSR count). The molecular weight excluding hydrogens is 244 g/mol. The molecule has 0 bridgehead atoms. The van der Waals surface area contributed by atoms with E-state index in [1.807, 2.05) is 0 Å². The Bertz CT molecular complexity index is 644. The van der Waals surface area contributed by atoms with E-state index >= 15 is 0 Å². The van der Waals surface area contributed by atoms with E-state index in [-0.39, 0.29) is 28.6 Å². The summed E-state index contributed by atoms with van der Waals surface area (Å²) in [4.78, 5) is 11.8. The van der Waals surface area contributed by atoms with Crippen molar-refractivity contribution < 1.29 is 20.1 Å². The van der Waals surface area contributed by atoms with Gasteiger partial charge in [-0.1, -0.05) is 18.2 Å². The number of carbonyl (C=O) groups is 1. The summed E-state index contributed by atoms with van der Waals surface area (Å²) in [7, 11) is 0. The average molecular weight is 256 g/mol. The zero-order chi connectivity index (χ0) is 13.8. The van der Waals surface area contributed by atoms with Crippen molar-refractivity contribution in [3.8, 4) is 17.2 Å². The molecule has 0 saturated carbocycles. The Morgan fingerprint density at radius 2 is 1.74 bits per heavy atom. The first kappa shape index (κ1) is 12.7. The summed E-state index contributed by atoms with van der Waals surface area (Å²) in [5.74, 6) is -0.791. The Morgan fingerprint density at radius 3 is 2.42 bits per heavy atom. The molecule has 4 nitrogen and oxygen atoms in total. The minimum Gasteiger partial charge on any atom is -0.508 e. The van der Waals surface area contributed by atoms with Crippen molar-refractivity contribution in [2.24, 2.45) is 0 Å². The van der Waals surface area contributed by atoms with Gasteiger partial charge in [0.1, 0.15) is 5.75 Å². The number of hydrogen-bond donors (Lipinski definition) is 3. The van der Waals surface area contributed by atoms with E-state index in [1.165, 1.54) is 36.4 Å². The quantitative estimate of drug-likeness (QED) is 0.448. The van der Waals surface area contributed by atoms with Crippen LogP contribution in [0.3, 0.4) is 0 Å². The maximum atomic E-state index is 11.8. The van der Waals surface area contributed by atoms with Gasteiger partial charge in [0.05, 0.1) is 0 Å². The average Bonchev–Trinajstić information content (AvgIpc) is 2.39. The molecule has 19 heavy (non-hydrogen) atoms. The summed E-state index contributed by atoms with van der Waals surface area (Å²) in [6, 6.07) is 10.4. The van der Waals surface area contributed by atoms with Gasteiger partial charge in [-0.2, -0.15) is 0 Å². The molecule has 2 aromatic carbocycles. The van der Waals surface area contributed by atoms with Crippen LogP contribution in [0, 0.1) is 0 Å². The lowest BCUT2D eigenvalue weighted by Crippen LogP contribution is -1.93. The molecule has 2 aromatic rings. The van der Waals surface area contributed by atoms with Gasteiger partial charge in [-0.25, -0.2) is 0 Å². The molecule has 0 amide bonds. The zero-order valence-corrected chi connectivity index (χ0v) is 9.95. The molecule has 0 aliphatic carbocycles. The second-order valence-corrected chi connectivity index (χ2v) is 4.00. The van der Waals surface area contributed by atoms with Gasteiger partial charge in [0, 0.05) is 5.56 Å². The number of benzene rings is 2. The molecule has 0 unspecified atom stereocenters. The highest BCUT2D eigenvalue weighted by atomic mass is 16.3. The van der Waals surface area contributed by atoms with E-state index in [0.717, 1.165) is 0 Å². The molecule has 0 atom stereocenters. The van der Waals surface area contributed by atoms with Crippen molar-refractivity contribution in [3.63, 3.8) is 0 Å². The van der Waals surface area contributed by atoms with Crippen LogP contribution in [-0.4, -0.2) is 21.1 Å². The third-order valence-electron chi connectivity index (χ3n) is 2.56. The smallest absolute Gasteiger partial charge is 0.185 e. The molecule has 96 valence electrons. The van der Waals surface area contributed by atoms with Gasteiger partial charge in [0.2, 0.25) is 0 Å². The number of hydrogen-bond acceptors (Lipinski definition) is 4. The first-order valence-corrected chi connectivity index (χ1v) is 5.60. The van der Waals surface area contributed by atoms with Gasteiger partial charge >= 0.3 is 0 Å². The lowest BCUT2D eigenvalue weighted by molar-refractivity contribution is 0.104.